The summed E-state index contributed by atoms with van der Waals surface area (Å²) in [6.45, 7) is 3.87. The molecule has 0 bridgehead atoms. The number of rotatable bonds is 6. The van der Waals surface area contributed by atoms with Crippen LogP contribution >= 0.6 is 0 Å². The number of carbonyl (C=O) groups is 2. The third-order valence-electron chi connectivity index (χ3n) is 3.73. The number of carbonyl (C=O) groups excluding carboxylic acids is 1. The number of aromatic nitrogens is 1. The van der Waals surface area contributed by atoms with Crippen LogP contribution in [-0.2, 0) is 11.3 Å². The van der Waals surface area contributed by atoms with Crippen molar-refractivity contribution in [2.45, 2.75) is 19.4 Å². The summed E-state index contributed by atoms with van der Waals surface area (Å²) in [7, 11) is 1.77. The first-order valence-corrected chi connectivity index (χ1v) is 6.92. The van der Waals surface area contributed by atoms with Gasteiger partial charge in [0.1, 0.15) is 12.2 Å². The quantitative estimate of drug-likeness (QED) is 0.834. The van der Waals surface area contributed by atoms with Crippen LogP contribution < -0.4 is 0 Å². The molecule has 1 aromatic rings. The second kappa shape index (κ2) is 6.56. The van der Waals surface area contributed by atoms with E-state index in [2.05, 4.69) is 4.90 Å². The van der Waals surface area contributed by atoms with Gasteiger partial charge >= 0.3 is 5.97 Å². The Morgan fingerprint density at radius 3 is 2.70 bits per heavy atom. The van der Waals surface area contributed by atoms with Gasteiger partial charge in [-0.05, 0) is 38.1 Å². The first kappa shape index (κ1) is 14.6. The number of carboxylic acid groups (broad SMARTS) is 1. The van der Waals surface area contributed by atoms with Crippen molar-refractivity contribution in [1.29, 1.82) is 0 Å². The molecule has 1 saturated heterocycles. The fourth-order valence-electron chi connectivity index (χ4n) is 2.43. The van der Waals surface area contributed by atoms with Gasteiger partial charge < -0.3 is 19.5 Å². The molecule has 0 unspecified atom stereocenters. The fraction of sp³-hybridized carbons (Fsp3) is 0.571. The van der Waals surface area contributed by atoms with E-state index in [-0.39, 0.29) is 18.1 Å². The van der Waals surface area contributed by atoms with Gasteiger partial charge in [-0.25, -0.2) is 4.79 Å². The molecule has 2 heterocycles. The topological polar surface area (TPSA) is 65.8 Å². The lowest BCUT2D eigenvalue weighted by molar-refractivity contribution is -0.130. The zero-order valence-electron chi connectivity index (χ0n) is 11.8. The molecule has 110 valence electrons. The van der Waals surface area contributed by atoms with E-state index in [0.29, 0.717) is 6.54 Å². The fourth-order valence-corrected chi connectivity index (χ4v) is 2.43. The number of amides is 1. The highest BCUT2D eigenvalue weighted by Gasteiger charge is 2.16. The Hall–Kier alpha value is -1.82. The molecule has 0 aliphatic carbocycles. The Morgan fingerprint density at radius 2 is 2.05 bits per heavy atom. The first-order valence-electron chi connectivity index (χ1n) is 6.92. The summed E-state index contributed by atoms with van der Waals surface area (Å²) in [5.74, 6) is -1.08. The predicted octanol–water partition coefficient (Wildman–Crippen LogP) is 0.740. The van der Waals surface area contributed by atoms with Gasteiger partial charge in [-0.3, -0.25) is 4.79 Å². The van der Waals surface area contributed by atoms with E-state index >= 15 is 0 Å². The minimum absolute atomic E-state index is 0.0668. The molecule has 1 N–H and O–H groups in total. The van der Waals surface area contributed by atoms with Gasteiger partial charge in [-0.1, -0.05) is 0 Å². The van der Waals surface area contributed by atoms with Crippen molar-refractivity contribution in [3.63, 3.8) is 0 Å². The van der Waals surface area contributed by atoms with Crippen molar-refractivity contribution in [3.8, 4) is 0 Å². The number of likely N-dealkylation sites (tertiary alicyclic amines) is 1. The van der Waals surface area contributed by atoms with Crippen LogP contribution in [0.4, 0.5) is 0 Å². The van der Waals surface area contributed by atoms with E-state index in [9.17, 15) is 9.59 Å². The molecule has 0 radical (unpaired) electrons. The Kier molecular flexibility index (Phi) is 4.79. The molecule has 0 aromatic carbocycles. The standard InChI is InChI=1S/C14H21N3O3/c1-15(9-10-16-6-2-3-7-16)13(18)11-17-8-4-5-12(17)14(19)20/h4-5,8H,2-3,6-7,9-11H2,1H3,(H,19,20). The highest BCUT2D eigenvalue weighted by molar-refractivity contribution is 5.86. The second-order valence-corrected chi connectivity index (χ2v) is 5.19. The maximum Gasteiger partial charge on any atom is 0.352 e. The lowest BCUT2D eigenvalue weighted by atomic mass is 10.4. The molecule has 1 aromatic heterocycles. The summed E-state index contributed by atoms with van der Waals surface area (Å²) in [5, 5.41) is 9.00. The Balaban J connectivity index is 1.83. The van der Waals surface area contributed by atoms with E-state index < -0.39 is 5.97 Å². The molecule has 0 saturated carbocycles. The largest absolute Gasteiger partial charge is 0.477 e. The smallest absolute Gasteiger partial charge is 0.352 e. The van der Waals surface area contributed by atoms with Crippen molar-refractivity contribution in [2.75, 3.05) is 33.2 Å². The maximum atomic E-state index is 12.1. The number of aromatic carboxylic acids is 1. The number of carboxylic acids is 1. The van der Waals surface area contributed by atoms with Crippen LogP contribution in [-0.4, -0.2) is 64.6 Å². The molecule has 1 aliphatic heterocycles. The van der Waals surface area contributed by atoms with Gasteiger partial charge in [-0.15, -0.1) is 0 Å². The third-order valence-corrected chi connectivity index (χ3v) is 3.73. The summed E-state index contributed by atoms with van der Waals surface area (Å²) < 4.78 is 1.47. The molecule has 0 atom stereocenters. The van der Waals surface area contributed by atoms with E-state index in [1.807, 2.05) is 0 Å². The van der Waals surface area contributed by atoms with Crippen LogP contribution in [0.1, 0.15) is 23.3 Å². The van der Waals surface area contributed by atoms with Gasteiger partial charge in [0, 0.05) is 26.3 Å². The molecule has 1 amide bonds. The monoisotopic (exact) mass is 279 g/mol. The van der Waals surface area contributed by atoms with Crippen LogP contribution in [0.15, 0.2) is 18.3 Å². The van der Waals surface area contributed by atoms with Gasteiger partial charge in [0.2, 0.25) is 5.91 Å². The maximum absolute atomic E-state index is 12.1. The van der Waals surface area contributed by atoms with Crippen molar-refractivity contribution < 1.29 is 14.7 Å². The normalized spacial score (nSPS) is 15.4. The van der Waals surface area contributed by atoms with Gasteiger partial charge in [0.25, 0.3) is 0 Å². The number of likely N-dealkylation sites (N-methyl/N-ethyl adjacent to an activating group) is 1. The zero-order chi connectivity index (χ0) is 14.5. The Labute approximate surface area is 118 Å². The highest BCUT2D eigenvalue weighted by atomic mass is 16.4. The van der Waals surface area contributed by atoms with E-state index in [1.54, 1.807) is 24.2 Å². The van der Waals surface area contributed by atoms with Crippen molar-refractivity contribution >= 4 is 11.9 Å². The molecule has 6 nitrogen and oxygen atoms in total. The van der Waals surface area contributed by atoms with Gasteiger partial charge in [-0.2, -0.15) is 0 Å². The Bertz CT molecular complexity index is 478. The van der Waals surface area contributed by atoms with Gasteiger partial charge in [0.05, 0.1) is 0 Å². The summed E-state index contributed by atoms with van der Waals surface area (Å²) >= 11 is 0. The SMILES string of the molecule is CN(CCN1CCCC1)C(=O)Cn1cccc1C(=O)O. The average molecular weight is 279 g/mol. The van der Waals surface area contributed by atoms with Crippen molar-refractivity contribution in [3.05, 3.63) is 24.0 Å². The number of nitrogens with zero attached hydrogens (tertiary/aromatic N) is 3. The lowest BCUT2D eigenvalue weighted by Crippen LogP contribution is -2.37. The van der Waals surface area contributed by atoms with E-state index in [1.165, 1.54) is 23.5 Å². The summed E-state index contributed by atoms with van der Waals surface area (Å²) in [6.07, 6.45) is 4.10. The van der Waals surface area contributed by atoms with Crippen LogP contribution in [0.2, 0.25) is 0 Å². The van der Waals surface area contributed by atoms with Crippen molar-refractivity contribution in [2.24, 2.45) is 0 Å². The van der Waals surface area contributed by atoms with Crippen LogP contribution in [0.25, 0.3) is 0 Å². The molecule has 2 rings (SSSR count). The predicted molar refractivity (Wildman–Crippen MR) is 74.7 cm³/mol. The van der Waals surface area contributed by atoms with E-state index in [4.69, 9.17) is 5.11 Å². The third kappa shape index (κ3) is 3.60. The average Bonchev–Trinajstić information content (AvgIpc) is 3.06. The zero-order valence-corrected chi connectivity index (χ0v) is 11.8. The molecule has 20 heavy (non-hydrogen) atoms. The molecule has 1 fully saturated rings. The molecule has 1 aliphatic rings. The number of hydrogen-bond acceptors (Lipinski definition) is 3. The minimum atomic E-state index is -1.01. The van der Waals surface area contributed by atoms with Crippen LogP contribution in [0, 0.1) is 0 Å². The second-order valence-electron chi connectivity index (χ2n) is 5.19. The molecule has 0 spiro atoms. The van der Waals surface area contributed by atoms with Crippen LogP contribution in [0.3, 0.4) is 0 Å². The molecular weight excluding hydrogens is 258 g/mol. The first-order chi connectivity index (χ1) is 9.58. The number of hydrogen-bond donors (Lipinski definition) is 1. The molecule has 6 heteroatoms. The summed E-state index contributed by atoms with van der Waals surface area (Å²) in [4.78, 5) is 27.1. The minimum Gasteiger partial charge on any atom is -0.477 e. The van der Waals surface area contributed by atoms with Crippen molar-refractivity contribution in [1.82, 2.24) is 14.4 Å². The van der Waals surface area contributed by atoms with E-state index in [0.717, 1.165) is 19.6 Å². The lowest BCUT2D eigenvalue weighted by Gasteiger charge is -2.22. The molecular formula is C14H21N3O3. The summed E-state index contributed by atoms with van der Waals surface area (Å²) in [6, 6.07) is 3.14. The van der Waals surface area contributed by atoms with Gasteiger partial charge in [0.15, 0.2) is 0 Å². The van der Waals surface area contributed by atoms with Crippen LogP contribution in [0.5, 0.6) is 0 Å². The highest BCUT2D eigenvalue weighted by Crippen LogP contribution is 2.07. The Morgan fingerprint density at radius 1 is 1.35 bits per heavy atom. The summed E-state index contributed by atoms with van der Waals surface area (Å²) in [5.41, 5.74) is 0.145.